The van der Waals surface area contributed by atoms with Crippen molar-refractivity contribution in [3.8, 4) is 5.75 Å². The second-order valence-corrected chi connectivity index (χ2v) is 6.90. The minimum absolute atomic E-state index is 0.0280. The lowest BCUT2D eigenvalue weighted by atomic mass is 9.87. The molecule has 0 spiro atoms. The van der Waals surface area contributed by atoms with Crippen LogP contribution in [0.4, 0.5) is 0 Å². The molecule has 0 aliphatic carbocycles. The Morgan fingerprint density at radius 1 is 1.12 bits per heavy atom. The van der Waals surface area contributed by atoms with Gasteiger partial charge >= 0.3 is 5.97 Å². The second-order valence-electron chi connectivity index (χ2n) is 6.90. The highest BCUT2D eigenvalue weighted by Gasteiger charge is 2.24. The van der Waals surface area contributed by atoms with Crippen LogP contribution in [0, 0.1) is 0 Å². The largest absolute Gasteiger partial charge is 0.511 e. The third kappa shape index (κ3) is 6.25. The predicted molar refractivity (Wildman–Crippen MR) is 96.8 cm³/mol. The molecule has 0 aliphatic heterocycles. The molecular weight excluding hydrogens is 320 g/mol. The van der Waals surface area contributed by atoms with Crippen molar-refractivity contribution in [1.82, 2.24) is 0 Å². The summed E-state index contributed by atoms with van der Waals surface area (Å²) in [4.78, 5) is 24.1. The number of hydrogen-bond acceptors (Lipinski definition) is 5. The van der Waals surface area contributed by atoms with E-state index in [9.17, 15) is 14.7 Å². The highest BCUT2D eigenvalue weighted by molar-refractivity contribution is 6.18. The fourth-order valence-electron chi connectivity index (χ4n) is 2.24. The Balaban J connectivity index is 2.82. The van der Waals surface area contributed by atoms with Crippen LogP contribution in [0.2, 0.25) is 0 Å². The maximum Gasteiger partial charge on any atom is 0.345 e. The van der Waals surface area contributed by atoms with Gasteiger partial charge in [0.2, 0.25) is 5.78 Å². The molecule has 138 valence electrons. The lowest BCUT2D eigenvalue weighted by Gasteiger charge is -2.19. The highest BCUT2D eigenvalue weighted by atomic mass is 16.5. The summed E-state index contributed by atoms with van der Waals surface area (Å²) in [5.41, 5.74) is 0.848. The van der Waals surface area contributed by atoms with Gasteiger partial charge < -0.3 is 14.6 Å². The van der Waals surface area contributed by atoms with Crippen LogP contribution in [0.3, 0.4) is 0 Å². The zero-order valence-corrected chi connectivity index (χ0v) is 15.7. The summed E-state index contributed by atoms with van der Waals surface area (Å²) in [6.07, 6.45) is 1.77. The number of carbonyl (C=O) groups is 2. The average Bonchev–Trinajstić information content (AvgIpc) is 2.57. The van der Waals surface area contributed by atoms with Gasteiger partial charge in [-0.05, 0) is 29.5 Å². The Bertz CT molecular complexity index is 620. The van der Waals surface area contributed by atoms with E-state index >= 15 is 0 Å². The Hall–Kier alpha value is -2.30. The first-order valence-corrected chi connectivity index (χ1v) is 8.47. The van der Waals surface area contributed by atoms with E-state index < -0.39 is 11.8 Å². The number of ether oxygens (including phenoxy) is 2. The summed E-state index contributed by atoms with van der Waals surface area (Å²) < 4.78 is 10.1. The number of methoxy groups -OCH3 is 1. The van der Waals surface area contributed by atoms with E-state index in [4.69, 9.17) is 4.74 Å². The number of benzene rings is 1. The molecule has 1 rings (SSSR count). The SMILES string of the molecule is CCCCC(O)=C(C(=O)COc1ccc(C(C)(C)C)cc1)C(=O)OC. The molecule has 5 nitrogen and oxygen atoms in total. The summed E-state index contributed by atoms with van der Waals surface area (Å²) >= 11 is 0. The van der Waals surface area contributed by atoms with Gasteiger partial charge in [-0.1, -0.05) is 46.2 Å². The van der Waals surface area contributed by atoms with E-state index in [1.54, 1.807) is 12.1 Å². The van der Waals surface area contributed by atoms with Crippen molar-refractivity contribution in [3.63, 3.8) is 0 Å². The molecule has 0 saturated heterocycles. The third-order valence-corrected chi connectivity index (χ3v) is 3.81. The van der Waals surface area contributed by atoms with Crippen LogP contribution in [0.15, 0.2) is 35.6 Å². The molecule has 0 amide bonds. The highest BCUT2D eigenvalue weighted by Crippen LogP contribution is 2.24. The fourth-order valence-corrected chi connectivity index (χ4v) is 2.24. The van der Waals surface area contributed by atoms with E-state index in [1.165, 1.54) is 7.11 Å². The number of unbranched alkanes of at least 4 members (excludes halogenated alkanes) is 1. The molecule has 1 N–H and O–H groups in total. The van der Waals surface area contributed by atoms with Crippen LogP contribution in [-0.4, -0.2) is 30.6 Å². The van der Waals surface area contributed by atoms with Gasteiger partial charge in [-0.15, -0.1) is 0 Å². The van der Waals surface area contributed by atoms with Gasteiger partial charge in [-0.25, -0.2) is 4.79 Å². The van der Waals surface area contributed by atoms with E-state index in [1.807, 2.05) is 19.1 Å². The van der Waals surface area contributed by atoms with Crippen LogP contribution in [0.25, 0.3) is 0 Å². The molecule has 0 unspecified atom stereocenters. The predicted octanol–water partition coefficient (Wildman–Crippen LogP) is 4.11. The van der Waals surface area contributed by atoms with E-state index in [-0.39, 0.29) is 29.8 Å². The Morgan fingerprint density at radius 2 is 1.72 bits per heavy atom. The Labute approximate surface area is 149 Å². The van der Waals surface area contributed by atoms with Crippen LogP contribution in [0.5, 0.6) is 5.75 Å². The van der Waals surface area contributed by atoms with Gasteiger partial charge in [0, 0.05) is 6.42 Å². The van der Waals surface area contributed by atoms with Gasteiger partial charge in [0.1, 0.15) is 17.1 Å². The molecule has 25 heavy (non-hydrogen) atoms. The normalized spacial score (nSPS) is 12.4. The summed E-state index contributed by atoms with van der Waals surface area (Å²) in [6.45, 7) is 7.95. The number of Topliss-reactive ketones (excluding diaryl/α,β-unsaturated/α-hetero) is 1. The van der Waals surface area contributed by atoms with Gasteiger partial charge in [-0.2, -0.15) is 0 Å². The standard InChI is InChI=1S/C20H28O5/c1-6-7-8-16(21)18(19(23)24-5)17(22)13-25-15-11-9-14(10-12-15)20(2,3)4/h9-12,21H,6-8,13H2,1-5H3. The number of carbonyl (C=O) groups excluding carboxylic acids is 2. The quantitative estimate of drug-likeness (QED) is 0.252. The third-order valence-electron chi connectivity index (χ3n) is 3.81. The number of allylic oxidation sites excluding steroid dienone is 1. The maximum atomic E-state index is 12.3. The maximum absolute atomic E-state index is 12.3. The van der Waals surface area contributed by atoms with E-state index in [2.05, 4.69) is 25.5 Å². The zero-order chi connectivity index (χ0) is 19.0. The zero-order valence-electron chi connectivity index (χ0n) is 15.7. The smallest absolute Gasteiger partial charge is 0.345 e. The number of ketones is 1. The van der Waals surface area contributed by atoms with E-state index in [0.29, 0.717) is 12.2 Å². The first-order valence-electron chi connectivity index (χ1n) is 8.47. The number of hydrogen-bond donors (Lipinski definition) is 1. The molecule has 0 radical (unpaired) electrons. The number of esters is 1. The molecule has 0 aliphatic rings. The van der Waals surface area contributed by atoms with Gasteiger partial charge in [0.05, 0.1) is 7.11 Å². The monoisotopic (exact) mass is 348 g/mol. The van der Waals surface area contributed by atoms with Gasteiger partial charge in [0.15, 0.2) is 6.61 Å². The summed E-state index contributed by atoms with van der Waals surface area (Å²) in [7, 11) is 1.18. The van der Waals surface area contributed by atoms with E-state index in [0.717, 1.165) is 12.0 Å². The Kier molecular flexibility index (Phi) is 7.68. The average molecular weight is 348 g/mol. The minimum Gasteiger partial charge on any atom is -0.511 e. The summed E-state index contributed by atoms with van der Waals surface area (Å²) in [5, 5.41) is 10.0. The van der Waals surface area contributed by atoms with Crippen molar-refractivity contribution in [2.75, 3.05) is 13.7 Å². The lowest BCUT2D eigenvalue weighted by molar-refractivity contribution is -0.138. The molecule has 0 bridgehead atoms. The summed E-state index contributed by atoms with van der Waals surface area (Å²) in [6, 6.07) is 7.45. The topological polar surface area (TPSA) is 72.8 Å². The molecule has 0 fully saturated rings. The molecule has 0 saturated carbocycles. The second kappa shape index (κ2) is 9.25. The van der Waals surface area contributed by atoms with Crippen LogP contribution in [0.1, 0.15) is 52.5 Å². The summed E-state index contributed by atoms with van der Waals surface area (Å²) in [5.74, 6) is -1.16. The number of aliphatic hydroxyl groups is 1. The van der Waals surface area contributed by atoms with Gasteiger partial charge in [-0.3, -0.25) is 4.79 Å². The molecule has 5 heteroatoms. The van der Waals surface area contributed by atoms with Crippen molar-refractivity contribution in [2.24, 2.45) is 0 Å². The molecule has 0 aromatic heterocycles. The first-order chi connectivity index (χ1) is 11.7. The fraction of sp³-hybridized carbons (Fsp3) is 0.500. The van der Waals surface area contributed by atoms with Crippen molar-refractivity contribution >= 4 is 11.8 Å². The number of rotatable bonds is 8. The Morgan fingerprint density at radius 3 is 2.20 bits per heavy atom. The molecule has 0 heterocycles. The van der Waals surface area contributed by atoms with Crippen molar-refractivity contribution in [1.29, 1.82) is 0 Å². The van der Waals surface area contributed by atoms with Crippen molar-refractivity contribution in [3.05, 3.63) is 41.2 Å². The molecule has 1 aromatic carbocycles. The minimum atomic E-state index is -0.842. The van der Waals surface area contributed by atoms with Crippen LogP contribution >= 0.6 is 0 Å². The molecular formula is C20H28O5. The number of aliphatic hydroxyl groups excluding tert-OH is 1. The molecule has 1 aromatic rings. The van der Waals surface area contributed by atoms with Crippen molar-refractivity contribution in [2.45, 2.75) is 52.4 Å². The van der Waals surface area contributed by atoms with Crippen LogP contribution in [-0.2, 0) is 19.7 Å². The molecule has 0 atom stereocenters. The van der Waals surface area contributed by atoms with Gasteiger partial charge in [0.25, 0.3) is 0 Å². The lowest BCUT2D eigenvalue weighted by Crippen LogP contribution is -2.22. The van der Waals surface area contributed by atoms with Crippen LogP contribution < -0.4 is 4.74 Å². The van der Waals surface area contributed by atoms with Crippen molar-refractivity contribution < 1.29 is 24.2 Å². The first kappa shape index (κ1) is 20.7.